The average molecular weight is 436 g/mol. The first kappa shape index (κ1) is 17.2. The minimum Gasteiger partial charge on any atom is -0.341 e. The molecule has 0 bridgehead atoms. The molecule has 0 radical (unpaired) electrons. The van der Waals surface area contributed by atoms with Gasteiger partial charge in [0, 0.05) is 53.1 Å². The minimum atomic E-state index is -0.0392. The third-order valence-corrected chi connectivity index (χ3v) is 5.80. The van der Waals surface area contributed by atoms with Gasteiger partial charge >= 0.3 is 0 Å². The molecule has 1 amide bonds. The highest BCUT2D eigenvalue weighted by Crippen LogP contribution is 2.32. The van der Waals surface area contributed by atoms with E-state index < -0.39 is 0 Å². The first-order valence-corrected chi connectivity index (χ1v) is 9.97. The van der Waals surface area contributed by atoms with E-state index in [9.17, 15) is 4.79 Å². The van der Waals surface area contributed by atoms with Gasteiger partial charge in [-0.2, -0.15) is 5.10 Å². The zero-order valence-electron chi connectivity index (χ0n) is 15.3. The van der Waals surface area contributed by atoms with E-state index in [1.807, 2.05) is 41.6 Å². The van der Waals surface area contributed by atoms with Crippen LogP contribution in [0.4, 0.5) is 0 Å². The van der Waals surface area contributed by atoms with Gasteiger partial charge in [0.05, 0.1) is 11.6 Å². The SMILES string of the molecule is CC1c2ccc(-c3cccnc3)n2CCN1C(=O)c1cc2ccc(Br)cn2n1. The van der Waals surface area contributed by atoms with Crippen LogP contribution >= 0.6 is 15.9 Å². The molecule has 0 spiro atoms. The smallest absolute Gasteiger partial charge is 0.275 e. The van der Waals surface area contributed by atoms with Crippen LogP contribution in [0.5, 0.6) is 0 Å². The summed E-state index contributed by atoms with van der Waals surface area (Å²) < 4.78 is 4.94. The molecule has 1 aliphatic rings. The summed E-state index contributed by atoms with van der Waals surface area (Å²) in [6.07, 6.45) is 5.51. The summed E-state index contributed by atoms with van der Waals surface area (Å²) in [4.78, 5) is 19.3. The molecule has 28 heavy (non-hydrogen) atoms. The quantitative estimate of drug-likeness (QED) is 0.474. The molecule has 1 unspecified atom stereocenters. The zero-order chi connectivity index (χ0) is 19.3. The number of nitrogens with zero attached hydrogens (tertiary/aromatic N) is 5. The number of hydrogen-bond donors (Lipinski definition) is 0. The number of carbonyl (C=O) groups is 1. The van der Waals surface area contributed by atoms with E-state index in [0.717, 1.165) is 33.5 Å². The molecule has 0 saturated carbocycles. The number of hydrogen-bond acceptors (Lipinski definition) is 3. The van der Waals surface area contributed by atoms with Crippen LogP contribution in [0.2, 0.25) is 0 Å². The predicted molar refractivity (Wildman–Crippen MR) is 110 cm³/mol. The number of rotatable bonds is 2. The standard InChI is InChI=1S/C21H18BrN5O/c1-14-19-6-7-20(15-3-2-8-23-12-15)26(19)10-9-25(14)21(28)18-11-17-5-4-16(22)13-27(17)24-18/h2-8,11-14H,9-10H2,1H3. The lowest BCUT2D eigenvalue weighted by molar-refractivity contribution is 0.0638. The Kier molecular flexibility index (Phi) is 4.05. The Labute approximate surface area is 170 Å². The molecular weight excluding hydrogens is 418 g/mol. The van der Waals surface area contributed by atoms with Gasteiger partial charge in [-0.1, -0.05) is 0 Å². The van der Waals surface area contributed by atoms with Gasteiger partial charge in [-0.3, -0.25) is 9.78 Å². The van der Waals surface area contributed by atoms with Gasteiger partial charge in [0.1, 0.15) is 0 Å². The lowest BCUT2D eigenvalue weighted by atomic mass is 10.1. The van der Waals surface area contributed by atoms with Gasteiger partial charge in [-0.25, -0.2) is 4.52 Å². The molecule has 0 N–H and O–H groups in total. The van der Waals surface area contributed by atoms with Gasteiger partial charge in [-0.15, -0.1) is 0 Å². The molecule has 0 fully saturated rings. The topological polar surface area (TPSA) is 55.4 Å². The fourth-order valence-electron chi connectivity index (χ4n) is 3.92. The van der Waals surface area contributed by atoms with Gasteiger partial charge in [0.15, 0.2) is 5.69 Å². The zero-order valence-corrected chi connectivity index (χ0v) is 16.9. The van der Waals surface area contributed by atoms with E-state index in [4.69, 9.17) is 0 Å². The number of fused-ring (bicyclic) bond motifs is 2. The van der Waals surface area contributed by atoms with Gasteiger partial charge in [0.2, 0.25) is 0 Å². The highest BCUT2D eigenvalue weighted by Gasteiger charge is 2.31. The largest absolute Gasteiger partial charge is 0.341 e. The van der Waals surface area contributed by atoms with Crippen molar-refractivity contribution in [3.8, 4) is 11.3 Å². The second-order valence-corrected chi connectivity index (χ2v) is 7.87. The van der Waals surface area contributed by atoms with Crippen LogP contribution < -0.4 is 0 Å². The summed E-state index contributed by atoms with van der Waals surface area (Å²) in [6, 6.07) is 13.9. The van der Waals surface area contributed by atoms with Crippen molar-refractivity contribution in [1.29, 1.82) is 0 Å². The molecule has 7 heteroatoms. The Morgan fingerprint density at radius 3 is 2.89 bits per heavy atom. The maximum Gasteiger partial charge on any atom is 0.275 e. The maximum absolute atomic E-state index is 13.2. The Bertz CT molecular complexity index is 1180. The molecule has 0 aromatic carbocycles. The highest BCUT2D eigenvalue weighted by atomic mass is 79.9. The number of carbonyl (C=O) groups excluding carboxylic acids is 1. The van der Waals surface area contributed by atoms with Crippen LogP contribution in [0, 0.1) is 0 Å². The van der Waals surface area contributed by atoms with Gasteiger partial charge < -0.3 is 9.47 Å². The summed E-state index contributed by atoms with van der Waals surface area (Å²) in [6.45, 7) is 3.47. The van der Waals surface area contributed by atoms with Gasteiger partial charge in [0.25, 0.3) is 5.91 Å². The van der Waals surface area contributed by atoms with Crippen molar-refractivity contribution >= 4 is 27.4 Å². The highest BCUT2D eigenvalue weighted by molar-refractivity contribution is 9.10. The Morgan fingerprint density at radius 1 is 1.18 bits per heavy atom. The van der Waals surface area contributed by atoms with E-state index in [1.165, 1.54) is 0 Å². The fraction of sp³-hybridized carbons (Fsp3) is 0.190. The van der Waals surface area contributed by atoms with Crippen LogP contribution in [0.3, 0.4) is 0 Å². The lowest BCUT2D eigenvalue weighted by Gasteiger charge is -2.35. The third kappa shape index (κ3) is 2.74. The number of amides is 1. The van der Waals surface area contributed by atoms with Crippen molar-refractivity contribution < 1.29 is 4.79 Å². The van der Waals surface area contributed by atoms with Crippen LogP contribution in [-0.2, 0) is 6.54 Å². The molecular formula is C21H18BrN5O. The minimum absolute atomic E-state index is 0.0248. The molecule has 0 aliphatic carbocycles. The number of halogens is 1. The normalized spacial score (nSPS) is 16.4. The van der Waals surface area contributed by atoms with Crippen LogP contribution in [0.25, 0.3) is 16.8 Å². The van der Waals surface area contributed by atoms with Crippen LogP contribution in [-0.4, -0.2) is 36.5 Å². The van der Waals surface area contributed by atoms with E-state index in [0.29, 0.717) is 12.2 Å². The van der Waals surface area contributed by atoms with E-state index in [1.54, 1.807) is 10.7 Å². The summed E-state index contributed by atoms with van der Waals surface area (Å²) >= 11 is 3.44. The van der Waals surface area contributed by atoms with Crippen LogP contribution in [0.1, 0.15) is 29.1 Å². The molecule has 1 atom stereocenters. The monoisotopic (exact) mass is 435 g/mol. The van der Waals surface area contributed by atoms with E-state index in [2.05, 4.69) is 55.7 Å². The van der Waals surface area contributed by atoms with Crippen molar-refractivity contribution in [1.82, 2.24) is 24.1 Å². The molecule has 5 rings (SSSR count). The molecule has 6 nitrogen and oxygen atoms in total. The molecule has 140 valence electrons. The van der Waals surface area contributed by atoms with Crippen molar-refractivity contribution in [2.45, 2.75) is 19.5 Å². The second-order valence-electron chi connectivity index (χ2n) is 6.96. The van der Waals surface area contributed by atoms with Crippen LogP contribution in [0.15, 0.2) is 65.5 Å². The van der Waals surface area contributed by atoms with Crippen molar-refractivity contribution in [2.75, 3.05) is 6.54 Å². The Hall–Kier alpha value is -2.93. The molecule has 5 heterocycles. The maximum atomic E-state index is 13.2. The van der Waals surface area contributed by atoms with E-state index in [-0.39, 0.29) is 11.9 Å². The number of pyridine rings is 2. The third-order valence-electron chi connectivity index (χ3n) is 5.34. The number of aromatic nitrogens is 4. The van der Waals surface area contributed by atoms with Gasteiger partial charge in [-0.05, 0) is 65.3 Å². The Balaban J connectivity index is 1.46. The molecule has 1 aliphatic heterocycles. The molecule has 0 saturated heterocycles. The van der Waals surface area contributed by atoms with Crippen molar-refractivity contribution in [3.05, 3.63) is 76.9 Å². The van der Waals surface area contributed by atoms with Crippen molar-refractivity contribution in [3.63, 3.8) is 0 Å². The van der Waals surface area contributed by atoms with E-state index >= 15 is 0 Å². The fourth-order valence-corrected chi connectivity index (χ4v) is 4.24. The summed E-state index contributed by atoms with van der Waals surface area (Å²) in [7, 11) is 0. The summed E-state index contributed by atoms with van der Waals surface area (Å²) in [5.74, 6) is -0.0392. The Morgan fingerprint density at radius 2 is 2.07 bits per heavy atom. The molecule has 4 aromatic heterocycles. The van der Waals surface area contributed by atoms with Crippen molar-refractivity contribution in [2.24, 2.45) is 0 Å². The lowest BCUT2D eigenvalue weighted by Crippen LogP contribution is -2.41. The first-order valence-electron chi connectivity index (χ1n) is 9.17. The summed E-state index contributed by atoms with van der Waals surface area (Å²) in [5, 5.41) is 4.47. The predicted octanol–water partition coefficient (Wildman–Crippen LogP) is 4.18. The molecule has 4 aromatic rings. The first-order chi connectivity index (χ1) is 13.6. The summed E-state index contributed by atoms with van der Waals surface area (Å²) in [5.41, 5.74) is 4.73. The second kappa shape index (κ2) is 6.60. The average Bonchev–Trinajstić information content (AvgIpc) is 3.32.